The SMILES string of the molecule is Cn1nc(C(=O)NC2CC2)cc1OCC(=O)N1CCCCC1. The molecule has 120 valence electrons. The van der Waals surface area contributed by atoms with Crippen LogP contribution in [0.15, 0.2) is 6.07 Å². The molecule has 3 rings (SSSR count). The van der Waals surface area contributed by atoms with E-state index in [1.807, 2.05) is 4.90 Å². The second kappa shape index (κ2) is 6.37. The van der Waals surface area contributed by atoms with Gasteiger partial charge in [-0.15, -0.1) is 0 Å². The molecule has 2 amide bonds. The highest BCUT2D eigenvalue weighted by atomic mass is 16.5. The van der Waals surface area contributed by atoms with Crippen LogP contribution < -0.4 is 10.1 Å². The molecule has 1 aliphatic heterocycles. The summed E-state index contributed by atoms with van der Waals surface area (Å²) in [5, 5.41) is 7.02. The summed E-state index contributed by atoms with van der Waals surface area (Å²) in [5.74, 6) is 0.242. The van der Waals surface area contributed by atoms with Gasteiger partial charge in [-0.2, -0.15) is 5.10 Å². The molecule has 22 heavy (non-hydrogen) atoms. The Morgan fingerprint density at radius 2 is 2.05 bits per heavy atom. The van der Waals surface area contributed by atoms with Crippen molar-refractivity contribution < 1.29 is 14.3 Å². The molecule has 0 bridgehead atoms. The maximum atomic E-state index is 12.1. The third kappa shape index (κ3) is 3.58. The molecule has 1 aromatic rings. The molecule has 2 heterocycles. The van der Waals surface area contributed by atoms with Crippen molar-refractivity contribution in [2.45, 2.75) is 38.1 Å². The second-order valence-corrected chi connectivity index (χ2v) is 5.97. The van der Waals surface area contributed by atoms with Crippen molar-refractivity contribution in [2.24, 2.45) is 7.05 Å². The lowest BCUT2D eigenvalue weighted by Gasteiger charge is -2.26. The van der Waals surface area contributed by atoms with Gasteiger partial charge in [-0.25, -0.2) is 4.68 Å². The fourth-order valence-corrected chi connectivity index (χ4v) is 2.55. The molecular weight excluding hydrogens is 284 g/mol. The fourth-order valence-electron chi connectivity index (χ4n) is 2.55. The van der Waals surface area contributed by atoms with Crippen molar-refractivity contribution in [3.05, 3.63) is 11.8 Å². The Kier molecular flexibility index (Phi) is 4.31. The third-order valence-corrected chi connectivity index (χ3v) is 4.03. The Hall–Kier alpha value is -2.05. The Bertz CT molecular complexity index is 559. The minimum absolute atomic E-state index is 0.00937. The molecule has 7 nitrogen and oxygen atoms in total. The highest BCUT2D eigenvalue weighted by Gasteiger charge is 2.25. The number of ether oxygens (including phenoxy) is 1. The largest absolute Gasteiger partial charge is 0.468 e. The second-order valence-electron chi connectivity index (χ2n) is 5.97. The number of aromatic nitrogens is 2. The van der Waals surface area contributed by atoms with E-state index in [-0.39, 0.29) is 18.4 Å². The quantitative estimate of drug-likeness (QED) is 0.869. The highest BCUT2D eigenvalue weighted by molar-refractivity contribution is 5.93. The van der Waals surface area contributed by atoms with Gasteiger partial charge in [0.1, 0.15) is 0 Å². The normalized spacial score (nSPS) is 18.1. The van der Waals surface area contributed by atoms with Crippen molar-refractivity contribution in [2.75, 3.05) is 19.7 Å². The smallest absolute Gasteiger partial charge is 0.272 e. The van der Waals surface area contributed by atoms with Crippen LogP contribution in [0.3, 0.4) is 0 Å². The van der Waals surface area contributed by atoms with Crippen LogP contribution in [-0.4, -0.2) is 52.2 Å². The van der Waals surface area contributed by atoms with Gasteiger partial charge in [0, 0.05) is 32.2 Å². The van der Waals surface area contributed by atoms with E-state index in [4.69, 9.17) is 4.74 Å². The molecule has 1 saturated heterocycles. The van der Waals surface area contributed by atoms with Gasteiger partial charge >= 0.3 is 0 Å². The zero-order chi connectivity index (χ0) is 15.5. The zero-order valence-corrected chi connectivity index (χ0v) is 12.9. The topological polar surface area (TPSA) is 76.5 Å². The molecule has 2 aliphatic rings. The first-order valence-electron chi connectivity index (χ1n) is 7.89. The Morgan fingerprint density at radius 3 is 2.73 bits per heavy atom. The molecule has 0 unspecified atom stereocenters. The van der Waals surface area contributed by atoms with Crippen LogP contribution in [0.4, 0.5) is 0 Å². The summed E-state index contributed by atoms with van der Waals surface area (Å²) in [6.45, 7) is 1.61. The van der Waals surface area contributed by atoms with Gasteiger partial charge in [-0.05, 0) is 32.1 Å². The van der Waals surface area contributed by atoms with Gasteiger partial charge in [0.15, 0.2) is 12.3 Å². The summed E-state index contributed by atoms with van der Waals surface area (Å²) in [7, 11) is 1.70. The first kappa shape index (κ1) is 14.9. The minimum atomic E-state index is -0.185. The predicted octanol–water partition coefficient (Wildman–Crippen LogP) is 0.704. The van der Waals surface area contributed by atoms with Gasteiger partial charge in [-0.1, -0.05) is 0 Å². The lowest BCUT2D eigenvalue weighted by molar-refractivity contribution is -0.134. The predicted molar refractivity (Wildman–Crippen MR) is 79.6 cm³/mol. The van der Waals surface area contributed by atoms with Gasteiger partial charge in [0.2, 0.25) is 5.88 Å². The van der Waals surface area contributed by atoms with Crippen LogP contribution >= 0.6 is 0 Å². The number of aryl methyl sites for hydroxylation is 1. The average Bonchev–Trinajstić information content (AvgIpc) is 3.26. The molecule has 2 fully saturated rings. The number of piperidine rings is 1. The van der Waals surface area contributed by atoms with Crippen molar-refractivity contribution in [1.29, 1.82) is 0 Å². The van der Waals surface area contributed by atoms with Gasteiger partial charge in [0.25, 0.3) is 11.8 Å². The van der Waals surface area contributed by atoms with Gasteiger partial charge in [0.05, 0.1) is 0 Å². The molecule has 0 spiro atoms. The number of rotatable bonds is 5. The van der Waals surface area contributed by atoms with Crippen molar-refractivity contribution >= 4 is 11.8 Å². The first-order valence-corrected chi connectivity index (χ1v) is 7.89. The van der Waals surface area contributed by atoms with E-state index in [0.717, 1.165) is 38.8 Å². The fraction of sp³-hybridized carbons (Fsp3) is 0.667. The first-order chi connectivity index (χ1) is 10.6. The molecule has 7 heteroatoms. The number of likely N-dealkylation sites (tertiary alicyclic amines) is 1. The van der Waals surface area contributed by atoms with Crippen LogP contribution in [0.5, 0.6) is 5.88 Å². The summed E-state index contributed by atoms with van der Waals surface area (Å²) < 4.78 is 7.02. The summed E-state index contributed by atoms with van der Waals surface area (Å²) in [6.07, 6.45) is 5.37. The van der Waals surface area contributed by atoms with Crippen LogP contribution in [0, 0.1) is 0 Å². The van der Waals surface area contributed by atoms with Crippen LogP contribution in [0.1, 0.15) is 42.6 Å². The van der Waals surface area contributed by atoms with E-state index in [1.165, 1.54) is 11.1 Å². The Morgan fingerprint density at radius 1 is 1.32 bits per heavy atom. The minimum Gasteiger partial charge on any atom is -0.468 e. The number of carbonyl (C=O) groups excluding carboxylic acids is 2. The van der Waals surface area contributed by atoms with Crippen molar-refractivity contribution in [3.8, 4) is 5.88 Å². The molecule has 0 atom stereocenters. The lowest BCUT2D eigenvalue weighted by Crippen LogP contribution is -2.38. The summed E-state index contributed by atoms with van der Waals surface area (Å²) in [5.41, 5.74) is 0.329. The van der Waals surface area contributed by atoms with E-state index in [2.05, 4.69) is 10.4 Å². The Labute approximate surface area is 129 Å². The number of nitrogens with one attached hydrogen (secondary N) is 1. The molecule has 1 N–H and O–H groups in total. The Balaban J connectivity index is 1.54. The van der Waals surface area contributed by atoms with Gasteiger partial charge < -0.3 is 15.0 Å². The molecule has 1 aliphatic carbocycles. The third-order valence-electron chi connectivity index (χ3n) is 4.03. The maximum Gasteiger partial charge on any atom is 0.272 e. The lowest BCUT2D eigenvalue weighted by atomic mass is 10.1. The van der Waals surface area contributed by atoms with Crippen LogP contribution in [-0.2, 0) is 11.8 Å². The van der Waals surface area contributed by atoms with Crippen molar-refractivity contribution in [1.82, 2.24) is 20.0 Å². The standard InChI is InChI=1S/C15H22N4O3/c1-18-14(9-12(17-18)15(21)16-11-5-6-11)22-10-13(20)19-7-3-2-4-8-19/h9,11H,2-8,10H2,1H3,(H,16,21). The van der Waals surface area contributed by atoms with Gasteiger partial charge in [-0.3, -0.25) is 9.59 Å². The number of hydrogen-bond donors (Lipinski definition) is 1. The molecule has 0 radical (unpaired) electrons. The number of amides is 2. The van der Waals surface area contributed by atoms with Crippen LogP contribution in [0.25, 0.3) is 0 Å². The summed E-state index contributed by atoms with van der Waals surface area (Å²) in [4.78, 5) is 25.8. The molecule has 1 saturated carbocycles. The monoisotopic (exact) mass is 306 g/mol. The average molecular weight is 306 g/mol. The van der Waals surface area contributed by atoms with E-state index < -0.39 is 0 Å². The zero-order valence-electron chi connectivity index (χ0n) is 12.9. The summed E-state index contributed by atoms with van der Waals surface area (Å²) >= 11 is 0. The molecular formula is C15H22N4O3. The highest BCUT2D eigenvalue weighted by Crippen LogP contribution is 2.20. The van der Waals surface area contributed by atoms with E-state index in [1.54, 1.807) is 13.1 Å². The van der Waals surface area contributed by atoms with Crippen molar-refractivity contribution in [3.63, 3.8) is 0 Å². The van der Waals surface area contributed by atoms with E-state index in [9.17, 15) is 9.59 Å². The number of hydrogen-bond acceptors (Lipinski definition) is 4. The van der Waals surface area contributed by atoms with E-state index in [0.29, 0.717) is 17.6 Å². The summed E-state index contributed by atoms with van der Waals surface area (Å²) in [6, 6.07) is 1.88. The van der Waals surface area contributed by atoms with E-state index >= 15 is 0 Å². The molecule has 1 aromatic heterocycles. The molecule has 0 aromatic carbocycles. The number of carbonyl (C=O) groups is 2. The van der Waals surface area contributed by atoms with Crippen LogP contribution in [0.2, 0.25) is 0 Å². The maximum absolute atomic E-state index is 12.1. The number of nitrogens with zero attached hydrogens (tertiary/aromatic N) is 3.